The normalized spacial score (nSPS) is 20.9. The fourth-order valence-electron chi connectivity index (χ4n) is 6.73. The number of fused-ring (bicyclic) bond motifs is 2. The maximum Gasteiger partial charge on any atom is 0.308 e. The number of hydrogen-bond donors (Lipinski definition) is 0. The van der Waals surface area contributed by atoms with Crippen LogP contribution < -0.4 is 0 Å². The first-order valence-corrected chi connectivity index (χ1v) is 15.0. The maximum absolute atomic E-state index is 16.0. The van der Waals surface area contributed by atoms with Crippen molar-refractivity contribution >= 4 is 33.8 Å². The number of aryl methyl sites for hydroxylation is 1. The number of aromatic nitrogens is 2. The molecule has 0 radical (unpaired) electrons. The van der Waals surface area contributed by atoms with Gasteiger partial charge in [0.05, 0.1) is 31.3 Å². The third-order valence-electron chi connectivity index (χ3n) is 9.02. The Bertz CT molecular complexity index is 1630. The van der Waals surface area contributed by atoms with Gasteiger partial charge in [-0.15, -0.1) is 0 Å². The first-order chi connectivity index (χ1) is 20.8. The Kier molecular flexibility index (Phi) is 8.35. The number of methoxy groups -OCH3 is 2. The molecule has 2 aromatic carbocycles. The van der Waals surface area contributed by atoms with Gasteiger partial charge in [-0.05, 0) is 56.2 Å². The molecule has 2 fully saturated rings. The topological polar surface area (TPSA) is 96.0 Å². The average Bonchev–Trinajstić information content (AvgIpc) is 3.78. The zero-order valence-electron chi connectivity index (χ0n) is 24.9. The summed E-state index contributed by atoms with van der Waals surface area (Å²) in [6.07, 6.45) is 5.88. The van der Waals surface area contributed by atoms with E-state index in [1.165, 1.54) is 7.11 Å². The van der Waals surface area contributed by atoms with Gasteiger partial charge in [-0.25, -0.2) is 9.37 Å². The van der Waals surface area contributed by atoms with Crippen molar-refractivity contribution in [2.24, 2.45) is 13.0 Å². The predicted octanol–water partition coefficient (Wildman–Crippen LogP) is 5.42. The number of para-hydroxylation sites is 1. The van der Waals surface area contributed by atoms with Crippen molar-refractivity contribution in [1.82, 2.24) is 14.5 Å². The highest BCUT2D eigenvalue weighted by Crippen LogP contribution is 2.36. The summed E-state index contributed by atoms with van der Waals surface area (Å²) in [5, 5.41) is 0.958. The highest BCUT2D eigenvalue weighted by Gasteiger charge is 2.48. The lowest BCUT2D eigenvalue weighted by atomic mass is 9.87. The number of carbonyl (C=O) groups excluding carboxylic acids is 2. The van der Waals surface area contributed by atoms with Crippen LogP contribution >= 0.6 is 0 Å². The number of ether oxygens (including phenoxy) is 3. The van der Waals surface area contributed by atoms with Crippen molar-refractivity contribution in [3.05, 3.63) is 54.0 Å². The van der Waals surface area contributed by atoms with Gasteiger partial charge in [-0.3, -0.25) is 14.5 Å². The first-order valence-electron chi connectivity index (χ1n) is 15.0. The monoisotopic (exact) mass is 591 g/mol. The SMILES string of the molecule is COCC(OC1CCC(C(=O)OC)CC1)(C(=O)Cc1ccc2nc(-c3cn(C)c4ccccc34)oc2c1F)N1CCCC1. The van der Waals surface area contributed by atoms with Crippen molar-refractivity contribution in [2.45, 2.75) is 56.8 Å². The van der Waals surface area contributed by atoms with E-state index in [0.29, 0.717) is 50.2 Å². The number of esters is 1. The lowest BCUT2D eigenvalue weighted by Gasteiger charge is -2.43. The van der Waals surface area contributed by atoms with Crippen molar-refractivity contribution < 1.29 is 32.6 Å². The van der Waals surface area contributed by atoms with Crippen molar-refractivity contribution in [3.8, 4) is 11.5 Å². The highest BCUT2D eigenvalue weighted by atomic mass is 19.1. The molecule has 43 heavy (non-hydrogen) atoms. The zero-order valence-corrected chi connectivity index (χ0v) is 24.9. The molecule has 6 rings (SSSR count). The molecule has 1 aliphatic heterocycles. The largest absolute Gasteiger partial charge is 0.469 e. The summed E-state index contributed by atoms with van der Waals surface area (Å²) >= 11 is 0. The van der Waals surface area contributed by atoms with Crippen LogP contribution in [0.2, 0.25) is 0 Å². The lowest BCUT2D eigenvalue weighted by molar-refractivity contribution is -0.211. The minimum Gasteiger partial charge on any atom is -0.469 e. The Labute approximate surface area is 249 Å². The number of likely N-dealkylation sites (tertiary alicyclic amines) is 1. The molecule has 0 spiro atoms. The number of ketones is 1. The molecular weight excluding hydrogens is 553 g/mol. The molecular formula is C33H38FN3O6. The Morgan fingerprint density at radius 1 is 1.07 bits per heavy atom. The van der Waals surface area contributed by atoms with Gasteiger partial charge in [-0.2, -0.15) is 0 Å². The van der Waals surface area contributed by atoms with Crippen LogP contribution in [0.25, 0.3) is 33.5 Å². The van der Waals surface area contributed by atoms with Crippen LogP contribution in [0.5, 0.6) is 0 Å². The predicted molar refractivity (Wildman–Crippen MR) is 159 cm³/mol. The first kappa shape index (κ1) is 29.5. The maximum atomic E-state index is 16.0. The average molecular weight is 592 g/mol. The molecule has 2 aromatic heterocycles. The van der Waals surface area contributed by atoms with Crippen molar-refractivity contribution in [1.29, 1.82) is 0 Å². The summed E-state index contributed by atoms with van der Waals surface area (Å²) in [4.78, 5) is 32.9. The molecule has 0 N–H and O–H groups in total. The van der Waals surface area contributed by atoms with Crippen LogP contribution in [0, 0.1) is 11.7 Å². The summed E-state index contributed by atoms with van der Waals surface area (Å²) in [7, 11) is 4.89. The summed E-state index contributed by atoms with van der Waals surface area (Å²) in [5.74, 6) is -0.912. The summed E-state index contributed by atoms with van der Waals surface area (Å²) in [6, 6.07) is 11.2. The minimum absolute atomic E-state index is 0.0220. The molecule has 0 amide bonds. The third kappa shape index (κ3) is 5.47. The van der Waals surface area contributed by atoms with Crippen LogP contribution in [0.3, 0.4) is 0 Å². The van der Waals surface area contributed by atoms with Gasteiger partial charge in [-0.1, -0.05) is 24.3 Å². The van der Waals surface area contributed by atoms with E-state index in [-0.39, 0.29) is 47.9 Å². The third-order valence-corrected chi connectivity index (χ3v) is 9.02. The Morgan fingerprint density at radius 3 is 2.53 bits per heavy atom. The molecule has 1 aliphatic carbocycles. The molecule has 0 bridgehead atoms. The van der Waals surface area contributed by atoms with Crippen LogP contribution in [0.15, 0.2) is 47.0 Å². The molecule has 4 aromatic rings. The highest BCUT2D eigenvalue weighted by molar-refractivity contribution is 5.95. The molecule has 1 atom stereocenters. The molecule has 9 nitrogen and oxygen atoms in total. The Balaban J connectivity index is 1.28. The summed E-state index contributed by atoms with van der Waals surface area (Å²) in [5.41, 5.74) is 1.06. The minimum atomic E-state index is -1.36. The van der Waals surface area contributed by atoms with Gasteiger partial charge in [0, 0.05) is 50.8 Å². The van der Waals surface area contributed by atoms with Crippen molar-refractivity contribution in [2.75, 3.05) is 33.9 Å². The van der Waals surface area contributed by atoms with Crippen molar-refractivity contribution in [3.63, 3.8) is 0 Å². The zero-order chi connectivity index (χ0) is 30.1. The van der Waals surface area contributed by atoms with Crippen LogP contribution in [-0.2, 0) is 37.3 Å². The Morgan fingerprint density at radius 2 is 1.81 bits per heavy atom. The molecule has 3 heterocycles. The van der Waals surface area contributed by atoms with Crippen LogP contribution in [0.4, 0.5) is 4.39 Å². The van der Waals surface area contributed by atoms with Gasteiger partial charge >= 0.3 is 5.97 Å². The van der Waals surface area contributed by atoms with Gasteiger partial charge in [0.25, 0.3) is 0 Å². The number of Topliss-reactive ketones (excluding diaryl/α,β-unsaturated/α-hetero) is 1. The van der Waals surface area contributed by atoms with Crippen LogP contribution in [-0.4, -0.2) is 71.9 Å². The fraction of sp³-hybridized carbons (Fsp3) is 0.485. The summed E-state index contributed by atoms with van der Waals surface area (Å²) < 4.78 is 41.2. The van der Waals surface area contributed by atoms with E-state index in [9.17, 15) is 9.59 Å². The second-order valence-electron chi connectivity index (χ2n) is 11.7. The number of rotatable bonds is 10. The lowest BCUT2D eigenvalue weighted by Crippen LogP contribution is -2.61. The second kappa shape index (κ2) is 12.2. The van der Waals surface area contributed by atoms with Gasteiger partial charge in [0.15, 0.2) is 17.2 Å². The number of carbonyl (C=O) groups is 2. The van der Waals surface area contributed by atoms with E-state index in [2.05, 4.69) is 4.98 Å². The van der Waals surface area contributed by atoms with E-state index in [1.807, 2.05) is 47.0 Å². The van der Waals surface area contributed by atoms with Crippen LogP contribution in [0.1, 0.15) is 44.1 Å². The molecule has 10 heteroatoms. The van der Waals surface area contributed by atoms with E-state index >= 15 is 4.39 Å². The van der Waals surface area contributed by atoms with Gasteiger partial charge in [0.1, 0.15) is 5.52 Å². The number of hydrogen-bond acceptors (Lipinski definition) is 8. The summed E-state index contributed by atoms with van der Waals surface area (Å²) in [6.45, 7) is 1.40. The number of benzene rings is 2. The molecule has 228 valence electrons. The van der Waals surface area contributed by atoms with E-state index < -0.39 is 11.5 Å². The molecule has 1 unspecified atom stereocenters. The van der Waals surface area contributed by atoms with E-state index in [0.717, 1.165) is 29.3 Å². The smallest absolute Gasteiger partial charge is 0.308 e. The van der Waals surface area contributed by atoms with Gasteiger partial charge in [0.2, 0.25) is 11.6 Å². The van der Waals surface area contributed by atoms with E-state index in [1.54, 1.807) is 19.2 Å². The number of halogens is 1. The number of oxazole rings is 1. The van der Waals surface area contributed by atoms with E-state index in [4.69, 9.17) is 18.6 Å². The second-order valence-corrected chi connectivity index (χ2v) is 11.7. The fourth-order valence-corrected chi connectivity index (χ4v) is 6.73. The molecule has 2 aliphatic rings. The number of nitrogens with zero attached hydrogens (tertiary/aromatic N) is 3. The molecule has 1 saturated heterocycles. The van der Waals surface area contributed by atoms with Gasteiger partial charge < -0.3 is 23.2 Å². The Hall–Kier alpha value is -3.60. The molecule has 1 saturated carbocycles. The quantitative estimate of drug-likeness (QED) is 0.226. The standard InChI is InChI=1S/C33H38FN3O6/c1-36-19-25(24-8-4-5-9-27(24)36)31-35-26-15-12-22(29(34)30(26)42-31)18-28(38)33(20-40-2,37-16-6-7-17-37)43-23-13-10-21(11-14-23)32(39)41-3/h4-5,8-9,12,15,19,21,23H,6-7,10-11,13-14,16-18,20H2,1-3H3.